The van der Waals surface area contributed by atoms with E-state index in [0.29, 0.717) is 11.1 Å². The van der Waals surface area contributed by atoms with Gasteiger partial charge in [-0.25, -0.2) is 4.90 Å². The summed E-state index contributed by atoms with van der Waals surface area (Å²) in [5, 5.41) is 24.1. The number of carbonyl (C=O) groups is 2. The van der Waals surface area contributed by atoms with Crippen LogP contribution in [0.1, 0.15) is 20.7 Å². The summed E-state index contributed by atoms with van der Waals surface area (Å²) in [6, 6.07) is 17.0. The Balaban J connectivity index is 1.84. The van der Waals surface area contributed by atoms with E-state index < -0.39 is 33.0 Å². The molecule has 9 nitrogen and oxygen atoms in total. The molecule has 1 aliphatic heterocycles. The van der Waals surface area contributed by atoms with E-state index in [0.717, 1.165) is 22.4 Å². The summed E-state index contributed by atoms with van der Waals surface area (Å²) in [6.07, 6.45) is 0. The fourth-order valence-electron chi connectivity index (χ4n) is 4.08. The Bertz CT molecular complexity index is 1420. The molecule has 0 fully saturated rings. The van der Waals surface area contributed by atoms with Gasteiger partial charge in [0, 0.05) is 34.0 Å². The summed E-state index contributed by atoms with van der Waals surface area (Å²) < 4.78 is 0. The maximum absolute atomic E-state index is 13.4. The zero-order chi connectivity index (χ0) is 21.9. The molecular formula is C22H11N3O6. The number of fused-ring (bicyclic) bond motifs is 1. The van der Waals surface area contributed by atoms with Crippen molar-refractivity contribution in [2.75, 3.05) is 4.90 Å². The summed E-state index contributed by atoms with van der Waals surface area (Å²) in [6.45, 7) is 0. The largest absolute Gasteiger partial charge is 0.284 e. The van der Waals surface area contributed by atoms with Crippen molar-refractivity contribution in [2.24, 2.45) is 0 Å². The number of non-ortho nitro benzene ring substituents is 2. The van der Waals surface area contributed by atoms with Crippen molar-refractivity contribution < 1.29 is 19.4 Å². The van der Waals surface area contributed by atoms with E-state index >= 15 is 0 Å². The molecule has 4 aromatic carbocycles. The van der Waals surface area contributed by atoms with Gasteiger partial charge in [-0.1, -0.05) is 36.4 Å². The SMILES string of the molecule is O=C1c2ccc([N+](=O)[O-])c3c([N+](=O)[O-])ccc(c23)C(=O)N1c1cccc2ccccc12. The summed E-state index contributed by atoms with van der Waals surface area (Å²) in [5.74, 6) is -1.40. The lowest BCUT2D eigenvalue weighted by Gasteiger charge is -2.28. The summed E-state index contributed by atoms with van der Waals surface area (Å²) in [5.41, 5.74) is -0.722. The van der Waals surface area contributed by atoms with E-state index in [1.165, 1.54) is 12.1 Å². The highest BCUT2D eigenvalue weighted by molar-refractivity contribution is 6.38. The molecule has 0 aromatic heterocycles. The highest BCUT2D eigenvalue weighted by atomic mass is 16.6. The Morgan fingerprint density at radius 2 is 1.19 bits per heavy atom. The van der Waals surface area contributed by atoms with E-state index in [1.807, 2.05) is 18.2 Å². The normalized spacial score (nSPS) is 13.1. The summed E-state index contributed by atoms with van der Waals surface area (Å²) >= 11 is 0. The highest BCUT2D eigenvalue weighted by Crippen LogP contribution is 2.42. The van der Waals surface area contributed by atoms with Crippen molar-refractivity contribution in [2.45, 2.75) is 0 Å². The number of carbonyl (C=O) groups excluding carboxylic acids is 2. The van der Waals surface area contributed by atoms with E-state index in [9.17, 15) is 29.8 Å². The predicted molar refractivity (Wildman–Crippen MR) is 112 cm³/mol. The third kappa shape index (κ3) is 2.50. The average molecular weight is 413 g/mol. The van der Waals surface area contributed by atoms with E-state index in [1.54, 1.807) is 24.3 Å². The van der Waals surface area contributed by atoms with Crippen LogP contribution in [0.5, 0.6) is 0 Å². The first-order valence-corrected chi connectivity index (χ1v) is 9.15. The third-order valence-corrected chi connectivity index (χ3v) is 5.38. The predicted octanol–water partition coefficient (Wildman–Crippen LogP) is 4.61. The third-order valence-electron chi connectivity index (χ3n) is 5.38. The number of hydrogen-bond acceptors (Lipinski definition) is 6. The van der Waals surface area contributed by atoms with Crippen LogP contribution < -0.4 is 4.90 Å². The molecule has 0 saturated heterocycles. The number of hydrogen-bond donors (Lipinski definition) is 0. The van der Waals surface area contributed by atoms with Crippen LogP contribution >= 0.6 is 0 Å². The molecule has 0 unspecified atom stereocenters. The molecule has 0 aliphatic carbocycles. The van der Waals surface area contributed by atoms with Crippen LogP contribution in [0, 0.1) is 20.2 Å². The molecule has 5 rings (SSSR count). The lowest BCUT2D eigenvalue weighted by molar-refractivity contribution is -0.390. The van der Waals surface area contributed by atoms with Crippen LogP contribution in [-0.4, -0.2) is 21.7 Å². The maximum atomic E-state index is 13.4. The fraction of sp³-hybridized carbons (Fsp3) is 0. The van der Waals surface area contributed by atoms with Gasteiger partial charge in [0.15, 0.2) is 0 Å². The smallest absolute Gasteiger partial charge is 0.268 e. The van der Waals surface area contributed by atoms with Gasteiger partial charge in [0.1, 0.15) is 5.39 Å². The van der Waals surface area contributed by atoms with Gasteiger partial charge >= 0.3 is 0 Å². The number of nitrogens with zero attached hydrogens (tertiary/aromatic N) is 3. The topological polar surface area (TPSA) is 124 Å². The Kier molecular flexibility index (Phi) is 3.81. The molecule has 31 heavy (non-hydrogen) atoms. The van der Waals surface area contributed by atoms with E-state index in [-0.39, 0.29) is 21.9 Å². The lowest BCUT2D eigenvalue weighted by Crippen LogP contribution is -2.40. The molecule has 0 spiro atoms. The van der Waals surface area contributed by atoms with Crippen molar-refractivity contribution in [3.8, 4) is 0 Å². The second-order valence-electron chi connectivity index (χ2n) is 6.97. The molecular weight excluding hydrogens is 402 g/mol. The Morgan fingerprint density at radius 3 is 1.77 bits per heavy atom. The molecule has 0 saturated carbocycles. The monoisotopic (exact) mass is 413 g/mol. The van der Waals surface area contributed by atoms with Crippen LogP contribution in [-0.2, 0) is 0 Å². The number of nitro groups is 2. The molecule has 4 aromatic rings. The van der Waals surface area contributed by atoms with Crippen LogP contribution in [0.15, 0.2) is 66.7 Å². The molecule has 9 heteroatoms. The molecule has 1 aliphatic rings. The van der Waals surface area contributed by atoms with Crippen molar-refractivity contribution in [3.63, 3.8) is 0 Å². The Hall–Kier alpha value is -4.66. The standard InChI is InChI=1S/C22H11N3O6/c26-21-14-8-10-17(24(28)29)20-18(25(30)31)11-9-15(19(14)20)22(27)23(21)16-7-3-5-12-4-1-2-6-13(12)16/h1-11H. The van der Waals surface area contributed by atoms with Crippen molar-refractivity contribution >= 4 is 50.4 Å². The Morgan fingerprint density at radius 1 is 0.645 bits per heavy atom. The zero-order valence-electron chi connectivity index (χ0n) is 15.6. The number of anilines is 1. The minimum absolute atomic E-state index is 0.00756. The van der Waals surface area contributed by atoms with Gasteiger partial charge in [0.2, 0.25) is 0 Å². The van der Waals surface area contributed by atoms with E-state index in [2.05, 4.69) is 0 Å². The van der Waals surface area contributed by atoms with Gasteiger partial charge in [-0.3, -0.25) is 29.8 Å². The van der Waals surface area contributed by atoms with Crippen molar-refractivity contribution in [1.29, 1.82) is 0 Å². The van der Waals surface area contributed by atoms with Gasteiger partial charge in [0.25, 0.3) is 23.2 Å². The van der Waals surface area contributed by atoms with E-state index in [4.69, 9.17) is 0 Å². The fourth-order valence-corrected chi connectivity index (χ4v) is 4.08. The average Bonchev–Trinajstić information content (AvgIpc) is 2.76. The molecule has 1 heterocycles. The van der Waals surface area contributed by atoms with Gasteiger partial charge in [0.05, 0.1) is 15.5 Å². The van der Waals surface area contributed by atoms with Crippen LogP contribution in [0.4, 0.5) is 17.1 Å². The van der Waals surface area contributed by atoms with Crippen molar-refractivity contribution in [1.82, 2.24) is 0 Å². The second kappa shape index (κ2) is 6.42. The second-order valence-corrected chi connectivity index (χ2v) is 6.97. The van der Waals surface area contributed by atoms with Crippen LogP contribution in [0.2, 0.25) is 0 Å². The maximum Gasteiger partial charge on any atom is 0.284 e. The first-order chi connectivity index (χ1) is 14.9. The molecule has 0 radical (unpaired) electrons. The highest BCUT2D eigenvalue weighted by Gasteiger charge is 2.38. The zero-order valence-corrected chi connectivity index (χ0v) is 15.6. The number of benzene rings is 4. The van der Waals surface area contributed by atoms with Gasteiger partial charge in [-0.2, -0.15) is 0 Å². The molecule has 2 amide bonds. The van der Waals surface area contributed by atoms with Gasteiger partial charge in [-0.05, 0) is 23.6 Å². The van der Waals surface area contributed by atoms with Gasteiger partial charge in [-0.15, -0.1) is 0 Å². The first kappa shape index (κ1) is 18.4. The first-order valence-electron chi connectivity index (χ1n) is 9.15. The number of imide groups is 1. The van der Waals surface area contributed by atoms with Crippen LogP contribution in [0.25, 0.3) is 21.5 Å². The lowest BCUT2D eigenvalue weighted by atomic mass is 9.91. The molecule has 0 N–H and O–H groups in total. The number of amides is 2. The van der Waals surface area contributed by atoms with Gasteiger partial charge < -0.3 is 0 Å². The molecule has 150 valence electrons. The minimum atomic E-state index is -0.762. The number of nitro benzene ring substituents is 2. The molecule has 0 atom stereocenters. The Labute approximate surface area is 173 Å². The van der Waals surface area contributed by atoms with Crippen LogP contribution in [0.3, 0.4) is 0 Å². The van der Waals surface area contributed by atoms with Crippen molar-refractivity contribution in [3.05, 3.63) is 98.1 Å². The summed E-state index contributed by atoms with van der Waals surface area (Å²) in [4.78, 5) is 49.3. The summed E-state index contributed by atoms with van der Waals surface area (Å²) in [7, 11) is 0. The molecule has 0 bridgehead atoms. The number of rotatable bonds is 3. The minimum Gasteiger partial charge on any atom is -0.268 e. The quantitative estimate of drug-likeness (QED) is 0.274.